The molecule has 0 saturated carbocycles. The molecule has 3 nitrogen and oxygen atoms in total. The summed E-state index contributed by atoms with van der Waals surface area (Å²) in [5.74, 6) is 0.400. The Morgan fingerprint density at radius 3 is 2.54 bits per heavy atom. The maximum absolute atomic E-state index is 11.0. The van der Waals surface area contributed by atoms with Crippen molar-refractivity contribution in [1.29, 1.82) is 0 Å². The molecule has 0 rings (SSSR count). The van der Waals surface area contributed by atoms with Crippen LogP contribution in [-0.2, 0) is 14.3 Å². The van der Waals surface area contributed by atoms with Crippen LogP contribution in [0.25, 0.3) is 0 Å². The van der Waals surface area contributed by atoms with Crippen molar-refractivity contribution >= 4 is 23.5 Å². The predicted molar refractivity (Wildman–Crippen MR) is 53.9 cm³/mol. The van der Waals surface area contributed by atoms with Crippen LogP contribution < -0.4 is 0 Å². The van der Waals surface area contributed by atoms with Gasteiger partial charge >= 0.3 is 5.97 Å². The molecule has 0 N–H and O–H groups in total. The summed E-state index contributed by atoms with van der Waals surface area (Å²) in [7, 11) is 0. The van der Waals surface area contributed by atoms with Crippen molar-refractivity contribution in [3.63, 3.8) is 0 Å². The lowest BCUT2D eigenvalue weighted by Gasteiger charge is -2.11. The van der Waals surface area contributed by atoms with Gasteiger partial charge in [0, 0.05) is 0 Å². The van der Waals surface area contributed by atoms with E-state index in [9.17, 15) is 9.59 Å². The van der Waals surface area contributed by atoms with Crippen LogP contribution in [0.5, 0.6) is 0 Å². The Morgan fingerprint density at radius 2 is 2.08 bits per heavy atom. The second-order valence-corrected chi connectivity index (χ2v) is 3.95. The average Bonchev–Trinajstić information content (AvgIpc) is 1.98. The van der Waals surface area contributed by atoms with Crippen LogP contribution in [0.4, 0.5) is 0 Å². The fourth-order valence-corrected chi connectivity index (χ4v) is 1.38. The summed E-state index contributed by atoms with van der Waals surface area (Å²) in [6.07, 6.45) is 2.65. The maximum atomic E-state index is 11.0. The van der Waals surface area contributed by atoms with Crippen LogP contribution in [0.2, 0.25) is 0 Å². The first-order valence-corrected chi connectivity index (χ1v) is 5.63. The van der Waals surface area contributed by atoms with Crippen molar-refractivity contribution in [2.24, 2.45) is 0 Å². The second-order valence-electron chi connectivity index (χ2n) is 2.96. The van der Waals surface area contributed by atoms with Gasteiger partial charge in [-0.15, -0.1) is 0 Å². The third kappa shape index (κ3) is 7.84. The van der Waals surface area contributed by atoms with E-state index in [-0.39, 0.29) is 18.3 Å². The van der Waals surface area contributed by atoms with E-state index in [1.165, 1.54) is 6.92 Å². The molecule has 4 heteroatoms. The number of carbonyl (C=O) groups excluding carboxylic acids is 2. The first-order valence-electron chi connectivity index (χ1n) is 4.24. The van der Waals surface area contributed by atoms with Crippen molar-refractivity contribution in [3.05, 3.63) is 0 Å². The van der Waals surface area contributed by atoms with E-state index in [0.29, 0.717) is 0 Å². The monoisotopic (exact) mass is 204 g/mol. The Bertz CT molecular complexity index is 180. The number of ether oxygens (including phenoxy) is 1. The van der Waals surface area contributed by atoms with Gasteiger partial charge in [0.2, 0.25) is 0 Å². The molecule has 76 valence electrons. The van der Waals surface area contributed by atoms with Crippen molar-refractivity contribution in [3.8, 4) is 0 Å². The number of Topliss-reactive ketones (excluding diaryl/α,β-unsaturated/α-hetero) is 1. The number of esters is 1. The van der Waals surface area contributed by atoms with E-state index < -0.39 is 5.97 Å². The van der Waals surface area contributed by atoms with E-state index in [0.717, 1.165) is 12.2 Å². The van der Waals surface area contributed by atoms with Gasteiger partial charge in [-0.25, -0.2) is 0 Å². The normalized spacial score (nSPS) is 12.2. The molecule has 0 aromatic heterocycles. The largest absolute Gasteiger partial charge is 0.462 e. The van der Waals surface area contributed by atoms with Crippen LogP contribution in [0.1, 0.15) is 26.7 Å². The van der Waals surface area contributed by atoms with E-state index in [1.807, 2.05) is 13.2 Å². The summed E-state index contributed by atoms with van der Waals surface area (Å²) in [6, 6.07) is 0. The summed E-state index contributed by atoms with van der Waals surface area (Å²) >= 11 is 1.71. The molecule has 0 aromatic carbocycles. The van der Waals surface area contributed by atoms with Gasteiger partial charge in [0.15, 0.2) is 0 Å². The van der Waals surface area contributed by atoms with E-state index in [4.69, 9.17) is 4.74 Å². The third-order valence-corrected chi connectivity index (χ3v) is 2.10. The van der Waals surface area contributed by atoms with Gasteiger partial charge < -0.3 is 4.74 Å². The van der Waals surface area contributed by atoms with Crippen LogP contribution in [0.3, 0.4) is 0 Å². The molecule has 0 saturated heterocycles. The van der Waals surface area contributed by atoms with Gasteiger partial charge in [-0.05, 0) is 32.3 Å². The highest BCUT2D eigenvalue weighted by Gasteiger charge is 2.10. The molecule has 0 heterocycles. The second kappa shape index (κ2) is 6.95. The summed E-state index contributed by atoms with van der Waals surface area (Å²) in [6.45, 7) is 3.22. The summed E-state index contributed by atoms with van der Waals surface area (Å²) in [4.78, 5) is 21.5. The minimum atomic E-state index is -0.416. The predicted octanol–water partition coefficient (Wildman–Crippen LogP) is 1.65. The zero-order valence-corrected chi connectivity index (χ0v) is 9.15. The number of hydrogen-bond donors (Lipinski definition) is 0. The third-order valence-electron chi connectivity index (χ3n) is 1.45. The number of carbonyl (C=O) groups is 2. The van der Waals surface area contributed by atoms with E-state index >= 15 is 0 Å². The lowest BCUT2D eigenvalue weighted by molar-refractivity contribution is -0.149. The van der Waals surface area contributed by atoms with Gasteiger partial charge in [-0.3, -0.25) is 9.59 Å². The molecule has 1 unspecified atom stereocenters. The highest BCUT2D eigenvalue weighted by molar-refractivity contribution is 7.98. The maximum Gasteiger partial charge on any atom is 0.313 e. The lowest BCUT2D eigenvalue weighted by Crippen LogP contribution is -2.17. The SMILES string of the molecule is CSCCC(C)OC(=O)CC(C)=O. The van der Waals surface area contributed by atoms with E-state index in [1.54, 1.807) is 11.8 Å². The van der Waals surface area contributed by atoms with Crippen molar-refractivity contribution in [2.75, 3.05) is 12.0 Å². The highest BCUT2D eigenvalue weighted by Crippen LogP contribution is 2.04. The molecule has 0 aliphatic rings. The van der Waals surface area contributed by atoms with Crippen LogP contribution in [0, 0.1) is 0 Å². The highest BCUT2D eigenvalue weighted by atomic mass is 32.2. The minimum absolute atomic E-state index is 0.0840. The number of ketones is 1. The Hall–Kier alpha value is -0.510. The topological polar surface area (TPSA) is 43.4 Å². The van der Waals surface area contributed by atoms with Crippen LogP contribution in [0.15, 0.2) is 0 Å². The fraction of sp³-hybridized carbons (Fsp3) is 0.778. The van der Waals surface area contributed by atoms with Crippen LogP contribution >= 0.6 is 11.8 Å². The minimum Gasteiger partial charge on any atom is -0.462 e. The Balaban J connectivity index is 3.59. The van der Waals surface area contributed by atoms with Crippen molar-refractivity contribution < 1.29 is 14.3 Å². The number of thioether (sulfide) groups is 1. The zero-order valence-electron chi connectivity index (χ0n) is 8.33. The van der Waals surface area contributed by atoms with Gasteiger partial charge in [0.25, 0.3) is 0 Å². The molecule has 0 bridgehead atoms. The standard InChI is InChI=1S/C9H16O3S/c1-7(10)6-9(11)12-8(2)4-5-13-3/h8H,4-6H2,1-3H3. The van der Waals surface area contributed by atoms with Gasteiger partial charge in [0.1, 0.15) is 12.2 Å². The first kappa shape index (κ1) is 12.5. The average molecular weight is 204 g/mol. The van der Waals surface area contributed by atoms with Crippen LogP contribution in [-0.4, -0.2) is 29.9 Å². The number of hydrogen-bond acceptors (Lipinski definition) is 4. The number of rotatable bonds is 6. The van der Waals surface area contributed by atoms with Crippen molar-refractivity contribution in [2.45, 2.75) is 32.8 Å². The molecule has 0 aliphatic heterocycles. The quantitative estimate of drug-likeness (QED) is 0.487. The molecule has 0 radical (unpaired) electrons. The molecule has 0 spiro atoms. The summed E-state index contributed by atoms with van der Waals surface area (Å²) in [5.41, 5.74) is 0. The zero-order chi connectivity index (χ0) is 10.3. The van der Waals surface area contributed by atoms with Gasteiger partial charge in [-0.2, -0.15) is 11.8 Å². The molecule has 0 aromatic rings. The molecule has 0 aliphatic carbocycles. The Labute approximate surface area is 83.2 Å². The smallest absolute Gasteiger partial charge is 0.313 e. The summed E-state index contributed by atoms with van der Waals surface area (Å²) < 4.78 is 4.99. The summed E-state index contributed by atoms with van der Waals surface area (Å²) in [5, 5.41) is 0. The Kier molecular flexibility index (Phi) is 6.68. The first-order chi connectivity index (χ1) is 6.06. The van der Waals surface area contributed by atoms with Crippen molar-refractivity contribution in [1.82, 2.24) is 0 Å². The molecule has 13 heavy (non-hydrogen) atoms. The molecule has 0 amide bonds. The van der Waals surface area contributed by atoms with Gasteiger partial charge in [0.05, 0.1) is 6.10 Å². The Morgan fingerprint density at radius 1 is 1.46 bits per heavy atom. The molecular weight excluding hydrogens is 188 g/mol. The van der Waals surface area contributed by atoms with E-state index in [2.05, 4.69) is 0 Å². The fourth-order valence-electron chi connectivity index (χ4n) is 0.812. The molecular formula is C9H16O3S. The van der Waals surface area contributed by atoms with Gasteiger partial charge in [-0.1, -0.05) is 0 Å². The molecule has 0 fully saturated rings. The lowest BCUT2D eigenvalue weighted by atomic mass is 10.3. The molecule has 1 atom stereocenters.